The fraction of sp³-hybridized carbons (Fsp3) is 0.289. The van der Waals surface area contributed by atoms with Gasteiger partial charge in [-0.25, -0.2) is 0 Å². The van der Waals surface area contributed by atoms with Gasteiger partial charge < -0.3 is 35.4 Å². The molecular formula is C45H48N4O5. The summed E-state index contributed by atoms with van der Waals surface area (Å²) in [5.74, 6) is -0.768. The number of carbonyl (C=O) groups is 2. The smallest absolute Gasteiger partial charge is 0.279 e. The van der Waals surface area contributed by atoms with Crippen molar-refractivity contribution in [2.75, 3.05) is 13.1 Å². The molecular weight excluding hydrogens is 677 g/mol. The molecule has 0 saturated carbocycles. The maximum atomic E-state index is 14.6. The second kappa shape index (κ2) is 16.0. The van der Waals surface area contributed by atoms with Crippen molar-refractivity contribution < 1.29 is 24.0 Å². The van der Waals surface area contributed by atoms with Crippen LogP contribution in [-0.4, -0.2) is 51.4 Å². The van der Waals surface area contributed by atoms with Crippen molar-refractivity contribution in [3.8, 4) is 5.75 Å². The quantitative estimate of drug-likeness (QED) is 0.0910. The lowest BCUT2D eigenvalue weighted by atomic mass is 9.98. The number of phenols is 1. The van der Waals surface area contributed by atoms with Gasteiger partial charge in [0.05, 0.1) is 25.2 Å². The zero-order chi connectivity index (χ0) is 37.7. The van der Waals surface area contributed by atoms with Crippen LogP contribution in [-0.2, 0) is 22.7 Å². The van der Waals surface area contributed by atoms with Gasteiger partial charge in [-0.2, -0.15) is 0 Å². The van der Waals surface area contributed by atoms with E-state index in [9.17, 15) is 25.1 Å². The van der Waals surface area contributed by atoms with E-state index in [-0.39, 0.29) is 43.7 Å². The van der Waals surface area contributed by atoms with Crippen molar-refractivity contribution in [1.82, 2.24) is 10.6 Å². The Hall–Kier alpha value is -5.32. The van der Waals surface area contributed by atoms with E-state index < -0.39 is 33.5 Å². The Labute approximate surface area is 317 Å². The lowest BCUT2D eigenvalue weighted by Crippen LogP contribution is -2.54. The van der Waals surface area contributed by atoms with Gasteiger partial charge in [0.2, 0.25) is 0 Å². The van der Waals surface area contributed by atoms with Crippen molar-refractivity contribution in [2.45, 2.75) is 69.9 Å². The van der Waals surface area contributed by atoms with E-state index in [2.05, 4.69) is 10.6 Å². The van der Waals surface area contributed by atoms with Gasteiger partial charge in [-0.15, -0.1) is 0 Å². The van der Waals surface area contributed by atoms with Gasteiger partial charge in [0, 0.05) is 36.8 Å². The first-order chi connectivity index (χ1) is 26.1. The molecule has 54 heavy (non-hydrogen) atoms. The fourth-order valence-corrected chi connectivity index (χ4v) is 8.48. The molecule has 7 rings (SSSR count). The number of hydrogen-bond donors (Lipinski definition) is 3. The number of carbonyl (C=O) groups excluding carboxylic acids is 2. The van der Waals surface area contributed by atoms with Crippen LogP contribution in [0.3, 0.4) is 0 Å². The van der Waals surface area contributed by atoms with Crippen LogP contribution in [0.5, 0.6) is 5.75 Å². The van der Waals surface area contributed by atoms with E-state index in [1.165, 1.54) is 0 Å². The second-order valence-electron chi connectivity index (χ2n) is 14.9. The van der Waals surface area contributed by atoms with Crippen LogP contribution in [0, 0.1) is 17.3 Å². The summed E-state index contributed by atoms with van der Waals surface area (Å²) in [6.45, 7) is 2.11. The minimum atomic E-state index is -0.866. The Balaban J connectivity index is 1.10. The third-order valence-electron chi connectivity index (χ3n) is 11.2. The highest BCUT2D eigenvalue weighted by Gasteiger charge is 2.44. The minimum Gasteiger partial charge on any atom is -0.632 e. The van der Waals surface area contributed by atoms with Gasteiger partial charge in [0.1, 0.15) is 18.8 Å². The molecule has 0 bridgehead atoms. The van der Waals surface area contributed by atoms with Crippen LogP contribution in [0.4, 0.5) is 0 Å². The number of benzene rings is 5. The lowest BCUT2D eigenvalue weighted by molar-refractivity contribution is -0.897. The number of aryl methyl sites for hydroxylation is 1. The Morgan fingerprint density at radius 1 is 0.611 bits per heavy atom. The lowest BCUT2D eigenvalue weighted by Gasteiger charge is -2.45. The topological polar surface area (TPSA) is 125 Å². The van der Waals surface area contributed by atoms with Crippen molar-refractivity contribution in [3.63, 3.8) is 0 Å². The first-order valence-electron chi connectivity index (χ1n) is 18.9. The number of nitrogens with one attached hydrogen (secondary N) is 2. The molecule has 0 aliphatic carbocycles. The predicted molar refractivity (Wildman–Crippen MR) is 209 cm³/mol. The number of hydroxylamine groups is 6. The van der Waals surface area contributed by atoms with E-state index in [4.69, 9.17) is 0 Å². The monoisotopic (exact) mass is 724 g/mol. The van der Waals surface area contributed by atoms with Gasteiger partial charge >= 0.3 is 0 Å². The van der Waals surface area contributed by atoms with Gasteiger partial charge in [-0.05, 0) is 46.9 Å². The zero-order valence-corrected chi connectivity index (χ0v) is 30.6. The molecule has 278 valence electrons. The Bertz CT molecular complexity index is 1830. The molecule has 2 fully saturated rings. The average molecular weight is 725 g/mol. The third kappa shape index (κ3) is 7.95. The molecule has 0 spiro atoms. The van der Waals surface area contributed by atoms with Crippen molar-refractivity contribution in [1.29, 1.82) is 0 Å². The van der Waals surface area contributed by atoms with Crippen molar-refractivity contribution in [3.05, 3.63) is 183 Å². The summed E-state index contributed by atoms with van der Waals surface area (Å²) in [6, 6.07) is 39.8. The van der Waals surface area contributed by atoms with E-state index >= 15 is 0 Å². The van der Waals surface area contributed by atoms with Crippen molar-refractivity contribution in [2.24, 2.45) is 0 Å². The standard InChI is InChI=1S/C45H48N4O5/c1-32-28-37(30-48(53)26-14-24-39(48)44(51)46-41(33-16-6-2-7-17-33)34-18-8-3-9-19-34)43(50)38(29-32)31-49(54)27-15-25-40(49)45(52)47-42(35-20-10-4-11-21-35)36-22-12-5-13-23-36/h2-13,16-23,28-29,39-42,50H,14-15,24-27,30-31H2,1H3,(H,46,51)(H,47,52)/t39-,40?,48+,49?/m1/s1. The van der Waals surface area contributed by atoms with Gasteiger partial charge in [0.25, 0.3) is 11.8 Å². The van der Waals surface area contributed by atoms with Crippen LogP contribution in [0.1, 0.15) is 76.7 Å². The summed E-state index contributed by atoms with van der Waals surface area (Å²) in [5.41, 5.74) is 5.26. The Kier molecular flexibility index (Phi) is 10.9. The first-order valence-corrected chi connectivity index (χ1v) is 18.9. The summed E-state index contributed by atoms with van der Waals surface area (Å²) in [5, 5.41) is 47.3. The fourth-order valence-electron chi connectivity index (χ4n) is 8.48. The maximum Gasteiger partial charge on any atom is 0.279 e. The second-order valence-corrected chi connectivity index (χ2v) is 14.9. The predicted octanol–water partition coefficient (Wildman–Crippen LogP) is 7.47. The molecule has 0 radical (unpaired) electrons. The summed E-state index contributed by atoms with van der Waals surface area (Å²) >= 11 is 0. The number of likely N-dealkylation sites (tertiary alicyclic amines) is 2. The highest BCUT2D eigenvalue weighted by atomic mass is 16.6. The number of aromatic hydroxyl groups is 1. The van der Waals surface area contributed by atoms with Crippen LogP contribution in [0.25, 0.3) is 0 Å². The molecule has 5 aromatic rings. The van der Waals surface area contributed by atoms with Crippen LogP contribution in [0.15, 0.2) is 133 Å². The molecule has 2 unspecified atom stereocenters. The van der Waals surface area contributed by atoms with Crippen molar-refractivity contribution >= 4 is 11.8 Å². The zero-order valence-electron chi connectivity index (χ0n) is 30.6. The number of rotatable bonds is 12. The van der Waals surface area contributed by atoms with Crippen LogP contribution >= 0.6 is 0 Å². The Morgan fingerprint density at radius 3 is 1.24 bits per heavy atom. The summed E-state index contributed by atoms with van der Waals surface area (Å²) in [7, 11) is 0. The van der Waals surface area contributed by atoms with E-state index in [0.717, 1.165) is 27.8 Å². The number of phenolic OH excluding ortho intramolecular Hbond substituents is 1. The molecule has 2 aliphatic rings. The first kappa shape index (κ1) is 37.0. The summed E-state index contributed by atoms with van der Waals surface area (Å²) in [6.07, 6.45) is 2.00. The molecule has 2 aliphatic heterocycles. The molecule has 9 heteroatoms. The molecule has 3 N–H and O–H groups in total. The van der Waals surface area contributed by atoms with Gasteiger partial charge in [0.15, 0.2) is 12.1 Å². The van der Waals surface area contributed by atoms with E-state index in [1.807, 2.05) is 128 Å². The number of nitrogens with zero attached hydrogens (tertiary/aromatic N) is 2. The van der Waals surface area contributed by atoms with Crippen LogP contribution in [0.2, 0.25) is 0 Å². The Morgan fingerprint density at radius 2 is 0.926 bits per heavy atom. The highest BCUT2D eigenvalue weighted by Crippen LogP contribution is 2.38. The summed E-state index contributed by atoms with van der Waals surface area (Å²) < 4.78 is -1.61. The highest BCUT2D eigenvalue weighted by molar-refractivity contribution is 5.82. The van der Waals surface area contributed by atoms with Gasteiger partial charge in [-0.1, -0.05) is 121 Å². The molecule has 5 aromatic carbocycles. The SMILES string of the molecule is Cc1cc(C[N+]2([O-])CCCC2C(=O)NC(c2ccccc2)c2ccccc2)c(O)c(C[N@@+]2([O-])CCC[C@@H]2C(=O)NC(c2ccccc2)c2ccccc2)c1. The molecule has 0 aromatic heterocycles. The molecule has 2 heterocycles. The minimum absolute atomic E-state index is 0.113. The summed E-state index contributed by atoms with van der Waals surface area (Å²) in [4.78, 5) is 28.0. The number of hydrogen-bond acceptors (Lipinski definition) is 5. The molecule has 2 amide bonds. The van der Waals surface area contributed by atoms with E-state index in [1.54, 1.807) is 12.1 Å². The molecule has 9 nitrogen and oxygen atoms in total. The molecule has 2 saturated heterocycles. The maximum absolute atomic E-state index is 14.6. The van der Waals surface area contributed by atoms with Gasteiger partial charge in [-0.3, -0.25) is 9.59 Å². The largest absolute Gasteiger partial charge is 0.632 e. The normalized spacial score (nSPS) is 22.4. The average Bonchev–Trinajstić information content (AvgIpc) is 3.77. The van der Waals surface area contributed by atoms with E-state index in [0.29, 0.717) is 36.8 Å². The third-order valence-corrected chi connectivity index (χ3v) is 11.2. The number of amides is 2. The number of quaternary nitrogens is 2. The van der Waals surface area contributed by atoms with Crippen LogP contribution < -0.4 is 10.6 Å². The molecule has 4 atom stereocenters.